The minimum Gasteiger partial charge on any atom is -0.457 e. The first-order valence-corrected chi connectivity index (χ1v) is 8.80. The molecule has 27 heavy (non-hydrogen) atoms. The molecule has 0 fully saturated rings. The van der Waals surface area contributed by atoms with Crippen LogP contribution in [0.4, 0.5) is 5.82 Å². The molecule has 0 unspecified atom stereocenters. The van der Waals surface area contributed by atoms with Gasteiger partial charge in [0.2, 0.25) is 0 Å². The predicted molar refractivity (Wildman–Crippen MR) is 107 cm³/mol. The number of carbonyl (C=O) groups excluding carboxylic acids is 2. The highest BCUT2D eigenvalue weighted by molar-refractivity contribution is 6.18. The fourth-order valence-electron chi connectivity index (χ4n) is 2.47. The zero-order valence-corrected chi connectivity index (χ0v) is 15.9. The quantitative estimate of drug-likeness (QED) is 0.798. The second-order valence-corrected chi connectivity index (χ2v) is 5.57. The number of Topliss-reactive ketones (excluding diaryl/α,β-unsaturated/α-hetero) is 1. The van der Waals surface area contributed by atoms with Gasteiger partial charge in [0.05, 0.1) is 12.1 Å². The first-order valence-electron chi connectivity index (χ1n) is 8.80. The second-order valence-electron chi connectivity index (χ2n) is 5.57. The van der Waals surface area contributed by atoms with Crippen molar-refractivity contribution in [3.05, 3.63) is 59.3 Å². The molecule has 140 valence electrons. The number of pyridine rings is 1. The molecular weight excluding hydrogens is 342 g/mol. The molecule has 0 bridgehead atoms. The number of rotatable bonds is 5. The van der Waals surface area contributed by atoms with Crippen LogP contribution in [0, 0.1) is 6.92 Å². The molecule has 1 aliphatic rings. The van der Waals surface area contributed by atoms with E-state index in [0.29, 0.717) is 35.0 Å². The van der Waals surface area contributed by atoms with Crippen LogP contribution in [0.15, 0.2) is 53.2 Å². The van der Waals surface area contributed by atoms with Gasteiger partial charge in [-0.3, -0.25) is 14.6 Å². The van der Waals surface area contributed by atoms with Crippen molar-refractivity contribution < 1.29 is 14.3 Å². The molecule has 1 aromatic heterocycles. The predicted octanol–water partition coefficient (Wildman–Crippen LogP) is 4.36. The third-order valence-electron chi connectivity index (χ3n) is 3.77. The van der Waals surface area contributed by atoms with Crippen LogP contribution in [0.2, 0.25) is 0 Å². The molecule has 0 spiro atoms. The normalized spacial score (nSPS) is 11.9. The van der Waals surface area contributed by atoms with E-state index in [-0.39, 0.29) is 11.7 Å². The average molecular weight is 365 g/mol. The Balaban J connectivity index is 0.00000126. The van der Waals surface area contributed by atoms with Gasteiger partial charge >= 0.3 is 0 Å². The summed E-state index contributed by atoms with van der Waals surface area (Å²) in [5.74, 6) is 1.20. The lowest BCUT2D eigenvalue weighted by Gasteiger charge is -2.12. The molecular formula is C21H23N3O3. The zero-order valence-electron chi connectivity index (χ0n) is 15.9. The Hall–Kier alpha value is -3.28. The van der Waals surface area contributed by atoms with Gasteiger partial charge in [-0.05, 0) is 32.1 Å². The number of nitrogens with zero attached hydrogens (tertiary/aromatic N) is 2. The molecule has 2 heterocycles. The number of aliphatic imine (C=N–C) groups is 1. The van der Waals surface area contributed by atoms with Crippen molar-refractivity contribution in [1.29, 1.82) is 0 Å². The van der Waals surface area contributed by atoms with E-state index in [2.05, 4.69) is 15.3 Å². The van der Waals surface area contributed by atoms with Gasteiger partial charge in [0.1, 0.15) is 17.3 Å². The Bertz CT molecular complexity index is 901. The molecule has 0 radical (unpaired) electrons. The van der Waals surface area contributed by atoms with Crippen molar-refractivity contribution in [1.82, 2.24) is 4.98 Å². The van der Waals surface area contributed by atoms with E-state index in [1.807, 2.05) is 20.8 Å². The van der Waals surface area contributed by atoms with Gasteiger partial charge in [-0.25, -0.2) is 4.98 Å². The minimum atomic E-state index is -0.263. The van der Waals surface area contributed by atoms with E-state index in [9.17, 15) is 9.59 Å². The summed E-state index contributed by atoms with van der Waals surface area (Å²) in [5.41, 5.74) is 1.90. The lowest BCUT2D eigenvalue weighted by molar-refractivity contribution is -0.112. The zero-order chi connectivity index (χ0) is 19.8. The molecule has 1 amide bonds. The maximum Gasteiger partial charge on any atom is 0.258 e. The molecule has 1 aromatic carbocycles. The smallest absolute Gasteiger partial charge is 0.258 e. The molecule has 0 saturated carbocycles. The van der Waals surface area contributed by atoms with Gasteiger partial charge in [-0.1, -0.05) is 26.0 Å². The highest BCUT2D eigenvalue weighted by atomic mass is 16.5. The molecule has 1 N–H and O–H groups in total. The number of anilines is 1. The summed E-state index contributed by atoms with van der Waals surface area (Å²) in [5, 5.41) is 2.71. The lowest BCUT2D eigenvalue weighted by Crippen LogP contribution is -2.15. The maximum absolute atomic E-state index is 12.1. The number of amides is 1. The Morgan fingerprint density at radius 2 is 1.96 bits per heavy atom. The van der Waals surface area contributed by atoms with E-state index in [0.717, 1.165) is 5.56 Å². The van der Waals surface area contributed by atoms with E-state index in [4.69, 9.17) is 4.74 Å². The van der Waals surface area contributed by atoms with E-state index >= 15 is 0 Å². The summed E-state index contributed by atoms with van der Waals surface area (Å²) in [4.78, 5) is 31.8. The van der Waals surface area contributed by atoms with Crippen LogP contribution in [0.1, 0.15) is 36.7 Å². The number of aromatic nitrogens is 1. The standard InChI is InChI=1S/C19H17N3O3.C2H6/c1-12-16(13(2)23)4-3-5-17(12)25-15-7-9-21-18(10-15)22-19(24)14-6-8-20-11-14;1-2/h3-7,9-11H,8H2,1-2H3,(H,21,22,24);1-2H3. The summed E-state index contributed by atoms with van der Waals surface area (Å²) in [6, 6.07) is 8.64. The maximum atomic E-state index is 12.1. The van der Waals surface area contributed by atoms with Crippen molar-refractivity contribution in [2.45, 2.75) is 27.7 Å². The molecule has 0 aliphatic carbocycles. The SMILES string of the molecule is CC.CC(=O)c1cccc(Oc2ccnc(NC(=O)C3=CCN=C3)c2)c1C. The summed E-state index contributed by atoms with van der Waals surface area (Å²) in [6.07, 6.45) is 4.82. The van der Waals surface area contributed by atoms with Crippen LogP contribution in [0.3, 0.4) is 0 Å². The fourth-order valence-corrected chi connectivity index (χ4v) is 2.47. The van der Waals surface area contributed by atoms with Crippen molar-refractivity contribution in [3.63, 3.8) is 0 Å². The van der Waals surface area contributed by atoms with Crippen LogP contribution in [-0.4, -0.2) is 29.4 Å². The summed E-state index contributed by atoms with van der Waals surface area (Å²) in [7, 11) is 0. The van der Waals surface area contributed by atoms with Crippen LogP contribution in [-0.2, 0) is 4.79 Å². The van der Waals surface area contributed by atoms with Crippen molar-refractivity contribution in [3.8, 4) is 11.5 Å². The van der Waals surface area contributed by atoms with E-state index in [1.54, 1.807) is 42.6 Å². The average Bonchev–Trinajstić information content (AvgIpc) is 3.20. The van der Waals surface area contributed by atoms with E-state index in [1.165, 1.54) is 13.1 Å². The van der Waals surface area contributed by atoms with Gasteiger partial charge in [-0.2, -0.15) is 0 Å². The van der Waals surface area contributed by atoms with Crippen LogP contribution >= 0.6 is 0 Å². The van der Waals surface area contributed by atoms with Gasteiger partial charge < -0.3 is 10.1 Å². The fraction of sp³-hybridized carbons (Fsp3) is 0.238. The van der Waals surface area contributed by atoms with Gasteiger partial charge in [0, 0.05) is 29.6 Å². The first kappa shape index (κ1) is 20.0. The number of hydrogen-bond acceptors (Lipinski definition) is 5. The van der Waals surface area contributed by atoms with Crippen LogP contribution < -0.4 is 10.1 Å². The van der Waals surface area contributed by atoms with Gasteiger partial charge in [0.25, 0.3) is 5.91 Å². The molecule has 1 aliphatic heterocycles. The van der Waals surface area contributed by atoms with Crippen molar-refractivity contribution in [2.75, 3.05) is 11.9 Å². The molecule has 0 saturated heterocycles. The Kier molecular flexibility index (Phi) is 7.00. The third kappa shape index (κ3) is 5.10. The van der Waals surface area contributed by atoms with Crippen LogP contribution in [0.25, 0.3) is 0 Å². The Morgan fingerprint density at radius 1 is 1.19 bits per heavy atom. The van der Waals surface area contributed by atoms with Crippen molar-refractivity contribution in [2.24, 2.45) is 4.99 Å². The summed E-state index contributed by atoms with van der Waals surface area (Å²) >= 11 is 0. The first-order chi connectivity index (χ1) is 13.0. The number of ether oxygens (including phenoxy) is 1. The summed E-state index contributed by atoms with van der Waals surface area (Å²) < 4.78 is 5.86. The highest BCUT2D eigenvalue weighted by Gasteiger charge is 2.12. The van der Waals surface area contributed by atoms with Gasteiger partial charge in [0.15, 0.2) is 5.78 Å². The molecule has 6 heteroatoms. The highest BCUT2D eigenvalue weighted by Crippen LogP contribution is 2.28. The Morgan fingerprint density at radius 3 is 2.63 bits per heavy atom. The third-order valence-corrected chi connectivity index (χ3v) is 3.77. The largest absolute Gasteiger partial charge is 0.457 e. The number of nitrogens with one attached hydrogen (secondary N) is 1. The van der Waals surface area contributed by atoms with Gasteiger partial charge in [-0.15, -0.1) is 0 Å². The summed E-state index contributed by atoms with van der Waals surface area (Å²) in [6.45, 7) is 7.88. The van der Waals surface area contributed by atoms with Crippen LogP contribution in [0.5, 0.6) is 11.5 Å². The topological polar surface area (TPSA) is 80.6 Å². The number of hydrogen-bond donors (Lipinski definition) is 1. The monoisotopic (exact) mass is 365 g/mol. The lowest BCUT2D eigenvalue weighted by atomic mass is 10.0. The molecule has 2 aromatic rings. The number of benzene rings is 1. The second kappa shape index (κ2) is 9.43. The Labute approximate surface area is 159 Å². The molecule has 6 nitrogen and oxygen atoms in total. The number of carbonyl (C=O) groups is 2. The molecule has 3 rings (SSSR count). The molecule has 0 atom stereocenters. The van der Waals surface area contributed by atoms with E-state index < -0.39 is 0 Å². The minimum absolute atomic E-state index is 0.0165. The number of ketones is 1. The van der Waals surface area contributed by atoms with Crippen molar-refractivity contribution >= 4 is 23.7 Å².